The van der Waals surface area contributed by atoms with Crippen LogP contribution < -0.4 is 5.32 Å². The second-order valence-electron chi connectivity index (χ2n) is 5.52. The molecule has 0 aliphatic rings. The fraction of sp³-hybridized carbons (Fsp3) is 0.176. The lowest BCUT2D eigenvalue weighted by Crippen LogP contribution is -2.23. The molecule has 0 aliphatic carbocycles. The van der Waals surface area contributed by atoms with Crippen molar-refractivity contribution in [2.24, 2.45) is 0 Å². The molecule has 0 bridgehead atoms. The van der Waals surface area contributed by atoms with Gasteiger partial charge in [-0.3, -0.25) is 14.2 Å². The Bertz CT molecular complexity index is 1060. The molecule has 9 nitrogen and oxygen atoms in total. The van der Waals surface area contributed by atoms with E-state index >= 15 is 0 Å². The molecule has 4 rings (SSSR count). The van der Waals surface area contributed by atoms with Crippen LogP contribution in [0, 0.1) is 0 Å². The van der Waals surface area contributed by atoms with Crippen molar-refractivity contribution in [3.8, 4) is 11.5 Å². The second-order valence-corrected chi connectivity index (χ2v) is 5.52. The zero-order chi connectivity index (χ0) is 17.9. The van der Waals surface area contributed by atoms with Crippen LogP contribution in [0.25, 0.3) is 17.1 Å². The summed E-state index contributed by atoms with van der Waals surface area (Å²) in [6.07, 6.45) is 5.65. The number of pyridine rings is 2. The predicted molar refractivity (Wildman–Crippen MR) is 91.1 cm³/mol. The van der Waals surface area contributed by atoms with E-state index in [1.54, 1.807) is 28.9 Å². The summed E-state index contributed by atoms with van der Waals surface area (Å²) >= 11 is 0. The first-order chi connectivity index (χ1) is 12.8. The maximum absolute atomic E-state index is 12.2. The fourth-order valence-corrected chi connectivity index (χ4v) is 2.52. The van der Waals surface area contributed by atoms with Crippen LogP contribution in [0.3, 0.4) is 0 Å². The Morgan fingerprint density at radius 2 is 2.08 bits per heavy atom. The summed E-state index contributed by atoms with van der Waals surface area (Å²) in [6.45, 7) is 2.19. The molecular weight excluding hydrogens is 334 g/mol. The number of hydrogen-bond donors (Lipinski definition) is 1. The molecule has 4 aromatic heterocycles. The van der Waals surface area contributed by atoms with Crippen LogP contribution >= 0.6 is 0 Å². The Morgan fingerprint density at radius 1 is 1.23 bits per heavy atom. The third kappa shape index (κ3) is 2.90. The summed E-state index contributed by atoms with van der Waals surface area (Å²) in [5.74, 6) is 1.42. The number of carbonyl (C=O) groups is 1. The van der Waals surface area contributed by atoms with Crippen LogP contribution in [0.15, 0.2) is 47.4 Å². The normalized spacial score (nSPS) is 11.0. The number of fused-ring (bicyclic) bond motifs is 1. The minimum Gasteiger partial charge on any atom is -0.345 e. The molecule has 0 saturated heterocycles. The highest BCUT2D eigenvalue weighted by molar-refractivity contribution is 5.93. The molecule has 0 fully saturated rings. The third-order valence-corrected chi connectivity index (χ3v) is 3.87. The maximum Gasteiger partial charge on any atom is 0.261 e. The van der Waals surface area contributed by atoms with Gasteiger partial charge < -0.3 is 9.84 Å². The lowest BCUT2D eigenvalue weighted by Gasteiger charge is -2.04. The van der Waals surface area contributed by atoms with Crippen LogP contribution in [-0.4, -0.2) is 35.6 Å². The zero-order valence-electron chi connectivity index (χ0n) is 14.0. The molecule has 0 aliphatic heterocycles. The van der Waals surface area contributed by atoms with Gasteiger partial charge in [-0.25, -0.2) is 0 Å². The molecular formula is C17H15N7O2. The predicted octanol–water partition coefficient (Wildman–Crippen LogP) is 1.67. The van der Waals surface area contributed by atoms with Crippen LogP contribution in [0.5, 0.6) is 0 Å². The van der Waals surface area contributed by atoms with Gasteiger partial charge >= 0.3 is 0 Å². The smallest absolute Gasteiger partial charge is 0.261 e. The molecule has 0 atom stereocenters. The molecule has 9 heteroatoms. The number of carbonyl (C=O) groups excluding carboxylic acids is 1. The SMILES string of the molecule is CCc1noc(-c2cccn3c(CNC(=O)c4ccncc4)nnc23)n1. The van der Waals surface area contributed by atoms with E-state index in [1.165, 1.54) is 0 Å². The summed E-state index contributed by atoms with van der Waals surface area (Å²) in [6, 6.07) is 6.98. The van der Waals surface area contributed by atoms with Crippen molar-refractivity contribution in [1.82, 2.24) is 35.0 Å². The Morgan fingerprint density at radius 3 is 2.85 bits per heavy atom. The summed E-state index contributed by atoms with van der Waals surface area (Å²) < 4.78 is 7.09. The molecule has 0 aromatic carbocycles. The summed E-state index contributed by atoms with van der Waals surface area (Å²) in [4.78, 5) is 20.4. The first-order valence-corrected chi connectivity index (χ1v) is 8.10. The number of nitrogens with zero attached hydrogens (tertiary/aromatic N) is 6. The van der Waals surface area contributed by atoms with E-state index in [1.807, 2.05) is 25.3 Å². The molecule has 130 valence electrons. The summed E-state index contributed by atoms with van der Waals surface area (Å²) in [7, 11) is 0. The van der Waals surface area contributed by atoms with Crippen LogP contribution in [0.2, 0.25) is 0 Å². The highest BCUT2D eigenvalue weighted by Crippen LogP contribution is 2.22. The first kappa shape index (κ1) is 15.9. The van der Waals surface area contributed by atoms with Crippen LogP contribution in [0.4, 0.5) is 0 Å². The Labute approximate surface area is 148 Å². The highest BCUT2D eigenvalue weighted by atomic mass is 16.5. The van der Waals surface area contributed by atoms with E-state index < -0.39 is 0 Å². The zero-order valence-corrected chi connectivity index (χ0v) is 14.0. The molecule has 0 radical (unpaired) electrons. The number of amides is 1. The van der Waals surface area contributed by atoms with Gasteiger partial charge in [0.1, 0.15) is 0 Å². The van der Waals surface area contributed by atoms with Gasteiger partial charge in [0, 0.05) is 30.6 Å². The standard InChI is InChI=1S/C17H15N7O2/c1-2-13-20-17(26-23-13)12-4-3-9-24-14(21-22-15(12)24)10-19-16(25)11-5-7-18-8-6-11/h3-9H,2,10H2,1H3,(H,19,25). The first-order valence-electron chi connectivity index (χ1n) is 8.10. The summed E-state index contributed by atoms with van der Waals surface area (Å²) in [5, 5.41) is 15.1. The van der Waals surface area contributed by atoms with Crippen molar-refractivity contribution >= 4 is 11.6 Å². The molecule has 1 N–H and O–H groups in total. The minimum absolute atomic E-state index is 0.204. The van der Waals surface area contributed by atoms with E-state index in [0.717, 1.165) is 0 Å². The molecule has 1 amide bonds. The van der Waals surface area contributed by atoms with Gasteiger partial charge in [-0.05, 0) is 24.3 Å². The second kappa shape index (κ2) is 6.71. The van der Waals surface area contributed by atoms with Gasteiger partial charge in [0.25, 0.3) is 11.8 Å². The molecule has 0 spiro atoms. The quantitative estimate of drug-likeness (QED) is 0.583. The number of aromatic nitrogens is 6. The maximum atomic E-state index is 12.2. The average Bonchev–Trinajstić information content (AvgIpc) is 3.33. The third-order valence-electron chi connectivity index (χ3n) is 3.87. The van der Waals surface area contributed by atoms with Crippen molar-refractivity contribution in [2.75, 3.05) is 0 Å². The molecule has 4 aromatic rings. The van der Waals surface area contributed by atoms with Gasteiger partial charge in [-0.2, -0.15) is 4.98 Å². The molecule has 0 unspecified atom stereocenters. The molecule has 4 heterocycles. The highest BCUT2D eigenvalue weighted by Gasteiger charge is 2.16. The molecule has 26 heavy (non-hydrogen) atoms. The average molecular weight is 349 g/mol. The van der Waals surface area contributed by atoms with Crippen molar-refractivity contribution in [3.63, 3.8) is 0 Å². The van der Waals surface area contributed by atoms with Crippen molar-refractivity contribution < 1.29 is 9.32 Å². The number of rotatable bonds is 5. The van der Waals surface area contributed by atoms with Crippen LogP contribution in [0.1, 0.15) is 28.9 Å². The van der Waals surface area contributed by atoms with Crippen LogP contribution in [-0.2, 0) is 13.0 Å². The lowest BCUT2D eigenvalue weighted by atomic mass is 10.2. The Kier molecular flexibility index (Phi) is 4.10. The van der Waals surface area contributed by atoms with Gasteiger partial charge in [-0.15, -0.1) is 10.2 Å². The fourth-order valence-electron chi connectivity index (χ4n) is 2.52. The number of aryl methyl sites for hydroxylation is 1. The Hall–Kier alpha value is -3.62. The van der Waals surface area contributed by atoms with Gasteiger partial charge in [0.2, 0.25) is 0 Å². The summed E-state index contributed by atoms with van der Waals surface area (Å²) in [5.41, 5.74) is 1.82. The van der Waals surface area contributed by atoms with E-state index in [2.05, 4.69) is 30.6 Å². The molecule has 0 saturated carbocycles. The monoisotopic (exact) mass is 349 g/mol. The van der Waals surface area contributed by atoms with Crippen molar-refractivity contribution in [1.29, 1.82) is 0 Å². The largest absolute Gasteiger partial charge is 0.345 e. The number of nitrogens with one attached hydrogen (secondary N) is 1. The van der Waals surface area contributed by atoms with Crippen molar-refractivity contribution in [2.45, 2.75) is 19.9 Å². The van der Waals surface area contributed by atoms with Gasteiger partial charge in [-0.1, -0.05) is 12.1 Å². The number of hydrogen-bond acceptors (Lipinski definition) is 7. The minimum atomic E-state index is -0.204. The van der Waals surface area contributed by atoms with E-state index in [9.17, 15) is 4.79 Å². The van der Waals surface area contributed by atoms with Crippen molar-refractivity contribution in [3.05, 3.63) is 60.1 Å². The van der Waals surface area contributed by atoms with Gasteiger partial charge in [0.05, 0.1) is 12.1 Å². The van der Waals surface area contributed by atoms with Gasteiger partial charge in [0.15, 0.2) is 17.3 Å². The topological polar surface area (TPSA) is 111 Å². The van der Waals surface area contributed by atoms with E-state index in [-0.39, 0.29) is 12.5 Å². The van der Waals surface area contributed by atoms with E-state index in [0.29, 0.717) is 40.7 Å². The van der Waals surface area contributed by atoms with E-state index in [4.69, 9.17) is 4.52 Å². The lowest BCUT2D eigenvalue weighted by molar-refractivity contribution is 0.0949. The Balaban J connectivity index is 1.59.